The van der Waals surface area contributed by atoms with Crippen molar-refractivity contribution in [2.45, 2.75) is 19.6 Å². The van der Waals surface area contributed by atoms with E-state index in [2.05, 4.69) is 0 Å². The Morgan fingerprint density at radius 3 is 2.60 bits per heavy atom. The second kappa shape index (κ2) is 9.93. The van der Waals surface area contributed by atoms with Crippen LogP contribution >= 0.6 is 0 Å². The molecule has 0 heterocycles. The molecule has 0 spiro atoms. The quantitative estimate of drug-likeness (QED) is 0.647. The average molecular weight is 343 g/mol. The summed E-state index contributed by atoms with van der Waals surface area (Å²) in [6.45, 7) is 3.18. The number of ether oxygens (including phenoxy) is 1. The summed E-state index contributed by atoms with van der Waals surface area (Å²) < 4.78 is 5.60. The Hall–Kier alpha value is -2.21. The first-order valence-electron chi connectivity index (χ1n) is 8.37. The van der Waals surface area contributed by atoms with Crippen LogP contribution in [0.3, 0.4) is 0 Å². The van der Waals surface area contributed by atoms with Gasteiger partial charge in [0.2, 0.25) is 0 Å². The van der Waals surface area contributed by atoms with Crippen LogP contribution in [-0.4, -0.2) is 53.3 Å². The van der Waals surface area contributed by atoms with Crippen LogP contribution in [0.2, 0.25) is 0 Å². The van der Waals surface area contributed by atoms with Crippen LogP contribution in [0.5, 0.6) is 5.75 Å². The summed E-state index contributed by atoms with van der Waals surface area (Å²) in [7, 11) is 0. The monoisotopic (exact) mass is 343 g/mol. The summed E-state index contributed by atoms with van der Waals surface area (Å²) in [5.41, 5.74) is 1.70. The van der Waals surface area contributed by atoms with Gasteiger partial charge in [0.1, 0.15) is 18.5 Å². The molecule has 0 aliphatic carbocycles. The van der Waals surface area contributed by atoms with Gasteiger partial charge in [0.25, 0.3) is 0 Å². The molecule has 5 nitrogen and oxygen atoms in total. The van der Waals surface area contributed by atoms with Crippen molar-refractivity contribution in [3.63, 3.8) is 0 Å². The van der Waals surface area contributed by atoms with Crippen LogP contribution in [0.4, 0.5) is 0 Å². The number of Topliss-reactive ketones (excluding diaryl/α,β-unsaturated/α-hetero) is 1. The van der Waals surface area contributed by atoms with E-state index >= 15 is 0 Å². The van der Waals surface area contributed by atoms with E-state index in [1.165, 1.54) is 6.92 Å². The summed E-state index contributed by atoms with van der Waals surface area (Å²) in [5, 5.41) is 19.5. The van der Waals surface area contributed by atoms with E-state index in [4.69, 9.17) is 4.74 Å². The Morgan fingerprint density at radius 2 is 1.92 bits per heavy atom. The van der Waals surface area contributed by atoms with Gasteiger partial charge in [-0.3, -0.25) is 9.69 Å². The SMILES string of the molecule is CC(=O)c1cccc(OCC(O)CN(CCO)Cc2ccccc2)c1. The number of hydrogen-bond donors (Lipinski definition) is 2. The van der Waals surface area contributed by atoms with Crippen molar-refractivity contribution < 1.29 is 19.7 Å². The molecule has 2 aromatic carbocycles. The minimum Gasteiger partial charge on any atom is -0.491 e. The molecule has 1 unspecified atom stereocenters. The standard InChI is InChI=1S/C20H25NO4/c1-16(23)18-8-5-9-20(12-18)25-15-19(24)14-21(10-11-22)13-17-6-3-2-4-7-17/h2-9,12,19,22,24H,10-11,13-15H2,1H3. The Labute approximate surface area is 148 Å². The summed E-state index contributed by atoms with van der Waals surface area (Å²) in [5.74, 6) is 0.534. The van der Waals surface area contributed by atoms with Crippen molar-refractivity contribution in [2.24, 2.45) is 0 Å². The lowest BCUT2D eigenvalue weighted by Gasteiger charge is -2.24. The number of aliphatic hydroxyl groups is 2. The number of carbonyl (C=O) groups is 1. The third-order valence-corrected chi connectivity index (χ3v) is 3.82. The first-order valence-corrected chi connectivity index (χ1v) is 8.37. The van der Waals surface area contributed by atoms with Crippen LogP contribution in [0.25, 0.3) is 0 Å². The number of rotatable bonds is 10. The van der Waals surface area contributed by atoms with Gasteiger partial charge >= 0.3 is 0 Å². The van der Waals surface area contributed by atoms with Gasteiger partial charge in [0, 0.05) is 25.2 Å². The molecule has 2 aromatic rings. The lowest BCUT2D eigenvalue weighted by molar-refractivity contribution is 0.0590. The molecule has 25 heavy (non-hydrogen) atoms. The van der Waals surface area contributed by atoms with E-state index < -0.39 is 6.10 Å². The normalized spacial score (nSPS) is 12.2. The van der Waals surface area contributed by atoms with Gasteiger partial charge < -0.3 is 14.9 Å². The third-order valence-electron chi connectivity index (χ3n) is 3.82. The Balaban J connectivity index is 1.87. The summed E-state index contributed by atoms with van der Waals surface area (Å²) in [6.07, 6.45) is -0.698. The summed E-state index contributed by atoms with van der Waals surface area (Å²) in [4.78, 5) is 13.4. The fourth-order valence-electron chi connectivity index (χ4n) is 2.57. The molecule has 0 amide bonds. The van der Waals surface area contributed by atoms with E-state index in [-0.39, 0.29) is 19.0 Å². The molecule has 2 N–H and O–H groups in total. The Kier molecular flexibility index (Phi) is 7.60. The van der Waals surface area contributed by atoms with Crippen LogP contribution in [0.15, 0.2) is 54.6 Å². The highest BCUT2D eigenvalue weighted by Gasteiger charge is 2.13. The second-order valence-corrected chi connectivity index (χ2v) is 5.99. The van der Waals surface area contributed by atoms with Gasteiger partial charge in [-0.05, 0) is 24.6 Å². The molecular weight excluding hydrogens is 318 g/mol. The molecular formula is C20H25NO4. The van der Waals surface area contributed by atoms with Gasteiger partial charge in [0.05, 0.1) is 6.61 Å². The Morgan fingerprint density at radius 1 is 1.16 bits per heavy atom. The number of nitrogens with zero attached hydrogens (tertiary/aromatic N) is 1. The molecule has 0 bridgehead atoms. The first kappa shape index (κ1) is 19.1. The van der Waals surface area contributed by atoms with E-state index in [0.717, 1.165) is 5.56 Å². The van der Waals surface area contributed by atoms with E-state index in [1.807, 2.05) is 35.2 Å². The minimum atomic E-state index is -0.698. The number of carbonyl (C=O) groups excluding carboxylic acids is 1. The number of ketones is 1. The lowest BCUT2D eigenvalue weighted by Crippen LogP contribution is -2.37. The number of benzene rings is 2. The van der Waals surface area contributed by atoms with Gasteiger partial charge in [-0.2, -0.15) is 0 Å². The first-order chi connectivity index (χ1) is 12.1. The molecule has 134 valence electrons. The van der Waals surface area contributed by atoms with Crippen molar-refractivity contribution in [1.29, 1.82) is 0 Å². The van der Waals surface area contributed by atoms with Crippen molar-refractivity contribution >= 4 is 5.78 Å². The van der Waals surface area contributed by atoms with Gasteiger partial charge in [0.15, 0.2) is 5.78 Å². The molecule has 0 fully saturated rings. The van der Waals surface area contributed by atoms with Crippen molar-refractivity contribution in [1.82, 2.24) is 4.90 Å². The van der Waals surface area contributed by atoms with E-state index in [9.17, 15) is 15.0 Å². The summed E-state index contributed by atoms with van der Waals surface area (Å²) in [6, 6.07) is 16.8. The van der Waals surface area contributed by atoms with Gasteiger partial charge in [-0.25, -0.2) is 0 Å². The number of hydrogen-bond acceptors (Lipinski definition) is 5. The fourth-order valence-corrected chi connectivity index (χ4v) is 2.57. The zero-order chi connectivity index (χ0) is 18.1. The summed E-state index contributed by atoms with van der Waals surface area (Å²) >= 11 is 0. The van der Waals surface area contributed by atoms with E-state index in [1.54, 1.807) is 24.3 Å². The molecule has 0 saturated heterocycles. The van der Waals surface area contributed by atoms with Crippen molar-refractivity contribution in [2.75, 3.05) is 26.3 Å². The third kappa shape index (κ3) is 6.66. The highest BCUT2D eigenvalue weighted by atomic mass is 16.5. The van der Waals surface area contributed by atoms with Gasteiger partial charge in [-0.1, -0.05) is 42.5 Å². The topological polar surface area (TPSA) is 70.0 Å². The van der Waals surface area contributed by atoms with Crippen molar-refractivity contribution in [3.8, 4) is 5.75 Å². The van der Waals surface area contributed by atoms with Crippen LogP contribution in [0.1, 0.15) is 22.8 Å². The molecule has 0 radical (unpaired) electrons. The highest BCUT2D eigenvalue weighted by Crippen LogP contribution is 2.14. The molecule has 0 aromatic heterocycles. The molecule has 0 aliphatic heterocycles. The minimum absolute atomic E-state index is 0.0250. The highest BCUT2D eigenvalue weighted by molar-refractivity contribution is 5.94. The number of aliphatic hydroxyl groups excluding tert-OH is 2. The molecule has 0 saturated carbocycles. The zero-order valence-electron chi connectivity index (χ0n) is 14.5. The fraction of sp³-hybridized carbons (Fsp3) is 0.350. The molecule has 5 heteroatoms. The average Bonchev–Trinajstić information content (AvgIpc) is 2.61. The molecule has 0 aliphatic rings. The van der Waals surface area contributed by atoms with Crippen molar-refractivity contribution in [3.05, 3.63) is 65.7 Å². The predicted molar refractivity (Wildman–Crippen MR) is 96.8 cm³/mol. The van der Waals surface area contributed by atoms with Crippen LogP contribution in [0, 0.1) is 0 Å². The maximum absolute atomic E-state index is 11.4. The molecule has 1 atom stereocenters. The maximum atomic E-state index is 11.4. The Bertz CT molecular complexity index is 660. The largest absolute Gasteiger partial charge is 0.491 e. The maximum Gasteiger partial charge on any atom is 0.159 e. The second-order valence-electron chi connectivity index (χ2n) is 5.99. The van der Waals surface area contributed by atoms with Gasteiger partial charge in [-0.15, -0.1) is 0 Å². The van der Waals surface area contributed by atoms with E-state index in [0.29, 0.717) is 30.9 Å². The zero-order valence-corrected chi connectivity index (χ0v) is 14.5. The lowest BCUT2D eigenvalue weighted by atomic mass is 10.1. The smallest absolute Gasteiger partial charge is 0.159 e. The predicted octanol–water partition coefficient (Wildman–Crippen LogP) is 2.12. The van der Waals surface area contributed by atoms with Crippen LogP contribution in [-0.2, 0) is 6.54 Å². The molecule has 2 rings (SSSR count). The van der Waals surface area contributed by atoms with Crippen LogP contribution < -0.4 is 4.74 Å².